The highest BCUT2D eigenvalue weighted by molar-refractivity contribution is 6.01. The minimum absolute atomic E-state index is 0.0927. The molecule has 0 aromatic heterocycles. The molecule has 27 heavy (non-hydrogen) atoms. The lowest BCUT2D eigenvalue weighted by atomic mass is 9.53. The maximum atomic E-state index is 13.5. The highest BCUT2D eigenvalue weighted by Crippen LogP contribution is 2.57. The molecule has 1 aliphatic carbocycles. The molecule has 0 radical (unpaired) electrons. The third-order valence-corrected chi connectivity index (χ3v) is 6.57. The van der Waals surface area contributed by atoms with Crippen LogP contribution in [0.1, 0.15) is 24.3 Å². The fourth-order valence-electron chi connectivity index (χ4n) is 5.27. The smallest absolute Gasteiger partial charge is 0.189 e. The third-order valence-electron chi connectivity index (χ3n) is 6.57. The van der Waals surface area contributed by atoms with Crippen LogP contribution in [0.2, 0.25) is 0 Å². The summed E-state index contributed by atoms with van der Waals surface area (Å²) in [5.41, 5.74) is -0.383. The van der Waals surface area contributed by atoms with Gasteiger partial charge in [0.2, 0.25) is 0 Å². The van der Waals surface area contributed by atoms with Crippen molar-refractivity contribution in [1.82, 2.24) is 4.90 Å². The Hall–Kier alpha value is -3.01. The topological polar surface area (TPSA) is 98.5 Å². The molecule has 134 valence electrons. The Morgan fingerprint density at radius 2 is 1.81 bits per heavy atom. The molecular weight excluding hydrogens is 341 g/mol. The van der Waals surface area contributed by atoms with E-state index in [4.69, 9.17) is 5.41 Å². The Kier molecular flexibility index (Phi) is 3.88. The van der Waals surface area contributed by atoms with Gasteiger partial charge in [0.05, 0.1) is 23.9 Å². The number of hydrogen-bond acceptors (Lipinski definition) is 5. The van der Waals surface area contributed by atoms with Crippen molar-refractivity contribution in [2.75, 3.05) is 7.05 Å². The van der Waals surface area contributed by atoms with Crippen LogP contribution in [0.4, 0.5) is 4.39 Å². The van der Waals surface area contributed by atoms with Gasteiger partial charge in [-0.2, -0.15) is 15.8 Å². The van der Waals surface area contributed by atoms with Gasteiger partial charge in [0.25, 0.3) is 0 Å². The standard InChI is InChI=1S/C21H18FN5/c1-27-14-6-7-17(27)18-15(8-14)16(9-23)20(26)21(10-24,11-25)19(18)12-2-4-13(22)5-3-12/h2-5,8,14,16-19,26H,6-7H2,1H3/t14?,16?,17?,18-,19-/m0/s1. The van der Waals surface area contributed by atoms with Crippen LogP contribution in [-0.2, 0) is 0 Å². The fourth-order valence-corrected chi connectivity index (χ4v) is 5.27. The molecule has 1 aromatic carbocycles. The monoisotopic (exact) mass is 359 g/mol. The van der Waals surface area contributed by atoms with E-state index < -0.39 is 23.1 Å². The maximum absolute atomic E-state index is 13.5. The minimum Gasteiger partial charge on any atom is -0.305 e. The van der Waals surface area contributed by atoms with Crippen LogP contribution in [0.5, 0.6) is 0 Å². The summed E-state index contributed by atoms with van der Waals surface area (Å²) in [6.45, 7) is 0. The van der Waals surface area contributed by atoms with Crippen LogP contribution in [0.25, 0.3) is 0 Å². The average molecular weight is 359 g/mol. The van der Waals surface area contributed by atoms with Crippen molar-refractivity contribution >= 4 is 5.71 Å². The summed E-state index contributed by atoms with van der Waals surface area (Å²) in [6.07, 6.45) is 3.92. The van der Waals surface area contributed by atoms with E-state index in [-0.39, 0.29) is 23.7 Å². The normalized spacial score (nSPS) is 34.0. The van der Waals surface area contributed by atoms with Gasteiger partial charge in [0, 0.05) is 23.9 Å². The molecule has 3 aliphatic rings. The summed E-state index contributed by atoms with van der Waals surface area (Å²) in [5.74, 6) is -2.08. The second-order valence-electron chi connectivity index (χ2n) is 7.61. The zero-order valence-electron chi connectivity index (χ0n) is 14.9. The van der Waals surface area contributed by atoms with Gasteiger partial charge >= 0.3 is 0 Å². The van der Waals surface area contributed by atoms with Crippen LogP contribution >= 0.6 is 0 Å². The first-order valence-electron chi connectivity index (χ1n) is 8.98. The maximum Gasteiger partial charge on any atom is 0.189 e. The molecular formula is C21H18FN5. The molecule has 1 N–H and O–H groups in total. The molecule has 2 fully saturated rings. The average Bonchev–Trinajstić information content (AvgIpc) is 2.91. The third kappa shape index (κ3) is 2.19. The Morgan fingerprint density at radius 3 is 2.41 bits per heavy atom. The van der Waals surface area contributed by atoms with E-state index in [0.29, 0.717) is 5.56 Å². The largest absolute Gasteiger partial charge is 0.305 e. The summed E-state index contributed by atoms with van der Waals surface area (Å²) in [6, 6.07) is 12.5. The van der Waals surface area contributed by atoms with Crippen LogP contribution in [-0.4, -0.2) is 29.7 Å². The number of rotatable bonds is 1. The molecule has 0 spiro atoms. The number of halogens is 1. The molecule has 4 rings (SSSR count). The van der Waals surface area contributed by atoms with Gasteiger partial charge in [0.1, 0.15) is 11.7 Å². The van der Waals surface area contributed by atoms with Crippen LogP contribution in [0, 0.1) is 62.5 Å². The first-order valence-corrected chi connectivity index (χ1v) is 8.98. The lowest BCUT2D eigenvalue weighted by molar-refractivity contribution is 0.157. The highest BCUT2D eigenvalue weighted by atomic mass is 19.1. The predicted octanol–water partition coefficient (Wildman–Crippen LogP) is 3.14. The zero-order chi connectivity index (χ0) is 19.3. The Balaban J connectivity index is 1.99. The van der Waals surface area contributed by atoms with Crippen LogP contribution in [0.3, 0.4) is 0 Å². The van der Waals surface area contributed by atoms with Crippen molar-refractivity contribution in [2.45, 2.75) is 30.8 Å². The summed E-state index contributed by atoms with van der Waals surface area (Å²) >= 11 is 0. The van der Waals surface area contributed by atoms with E-state index in [1.165, 1.54) is 12.1 Å². The molecule has 1 saturated carbocycles. The van der Waals surface area contributed by atoms with Crippen molar-refractivity contribution in [3.05, 3.63) is 47.3 Å². The van der Waals surface area contributed by atoms with Gasteiger partial charge in [-0.05, 0) is 43.2 Å². The predicted molar refractivity (Wildman–Crippen MR) is 95.8 cm³/mol. The van der Waals surface area contributed by atoms with Gasteiger partial charge in [-0.15, -0.1) is 0 Å². The molecule has 5 nitrogen and oxygen atoms in total. The Morgan fingerprint density at radius 1 is 1.15 bits per heavy atom. The second-order valence-corrected chi connectivity index (χ2v) is 7.61. The molecule has 3 unspecified atom stereocenters. The van der Waals surface area contributed by atoms with Gasteiger partial charge in [0.15, 0.2) is 5.41 Å². The lowest BCUT2D eigenvalue weighted by Gasteiger charge is -2.50. The van der Waals surface area contributed by atoms with E-state index in [2.05, 4.69) is 29.2 Å². The Bertz CT molecular complexity index is 944. The van der Waals surface area contributed by atoms with Crippen LogP contribution in [0.15, 0.2) is 35.9 Å². The van der Waals surface area contributed by atoms with Gasteiger partial charge in [-0.1, -0.05) is 18.2 Å². The van der Waals surface area contributed by atoms with E-state index in [1.807, 2.05) is 7.05 Å². The SMILES string of the molecule is CN1C2C=C3C(C#N)C(=N)C(C#N)(C#N)[C@@H](c4ccc(F)cc4)[C@@H]3C1CC2. The molecule has 1 aromatic rings. The Labute approximate surface area is 157 Å². The molecule has 1 saturated heterocycles. The van der Waals surface area contributed by atoms with Gasteiger partial charge in [-0.3, -0.25) is 4.90 Å². The zero-order valence-corrected chi connectivity index (χ0v) is 14.9. The van der Waals surface area contributed by atoms with Gasteiger partial charge in [-0.25, -0.2) is 4.39 Å². The van der Waals surface area contributed by atoms with Crippen LogP contribution < -0.4 is 0 Å². The second kappa shape index (κ2) is 6.02. The first-order chi connectivity index (χ1) is 13.0. The molecule has 2 bridgehead atoms. The number of nitrogens with one attached hydrogen (secondary N) is 1. The fraction of sp³-hybridized carbons (Fsp3) is 0.429. The number of fused-ring (bicyclic) bond motifs is 4. The summed E-state index contributed by atoms with van der Waals surface area (Å²) < 4.78 is 13.5. The summed E-state index contributed by atoms with van der Waals surface area (Å²) in [4.78, 5) is 2.24. The molecule has 2 heterocycles. The lowest BCUT2D eigenvalue weighted by Crippen LogP contribution is -2.55. The quantitative estimate of drug-likeness (QED) is 0.779. The first kappa shape index (κ1) is 17.4. The van der Waals surface area contributed by atoms with Crippen molar-refractivity contribution in [3.8, 4) is 18.2 Å². The minimum atomic E-state index is -1.74. The number of hydrogen-bond donors (Lipinski definition) is 1. The molecule has 6 heteroatoms. The van der Waals surface area contributed by atoms with E-state index >= 15 is 0 Å². The van der Waals surface area contributed by atoms with E-state index in [1.54, 1.807) is 12.1 Å². The highest BCUT2D eigenvalue weighted by Gasteiger charge is 2.61. The summed E-state index contributed by atoms with van der Waals surface area (Å²) in [7, 11) is 2.03. The number of nitrogens with zero attached hydrogens (tertiary/aromatic N) is 4. The summed E-state index contributed by atoms with van der Waals surface area (Å²) in [5, 5.41) is 38.4. The van der Waals surface area contributed by atoms with Gasteiger partial charge < -0.3 is 5.41 Å². The number of likely N-dealkylation sites (N-methyl/N-ethyl adjacent to an activating group) is 1. The van der Waals surface area contributed by atoms with Crippen molar-refractivity contribution in [2.24, 2.45) is 17.3 Å². The number of benzene rings is 1. The molecule has 0 amide bonds. The van der Waals surface area contributed by atoms with E-state index in [9.17, 15) is 20.2 Å². The molecule has 2 aliphatic heterocycles. The molecule has 5 atom stereocenters. The van der Waals surface area contributed by atoms with Crippen molar-refractivity contribution < 1.29 is 4.39 Å². The van der Waals surface area contributed by atoms with Crippen molar-refractivity contribution in [3.63, 3.8) is 0 Å². The number of nitriles is 3. The van der Waals surface area contributed by atoms with E-state index in [0.717, 1.165) is 18.4 Å². The van der Waals surface area contributed by atoms with Crippen molar-refractivity contribution in [1.29, 1.82) is 21.2 Å².